The number of hydrogen-bond acceptors (Lipinski definition) is 5. The van der Waals surface area contributed by atoms with Crippen molar-refractivity contribution in [3.05, 3.63) is 16.9 Å². The average Bonchev–Trinajstić information content (AvgIpc) is 2.15. The first-order valence-corrected chi connectivity index (χ1v) is 4.94. The lowest BCUT2D eigenvalue weighted by molar-refractivity contribution is 0.0593. The van der Waals surface area contributed by atoms with Gasteiger partial charge in [0.2, 0.25) is 0 Å². The number of halogens is 1. The van der Waals surface area contributed by atoms with E-state index in [2.05, 4.69) is 14.7 Å². The maximum absolute atomic E-state index is 11.1. The van der Waals surface area contributed by atoms with Crippen LogP contribution >= 0.6 is 23.4 Å². The number of carbonyl (C=O) groups excluding carboxylic acids is 1. The van der Waals surface area contributed by atoms with E-state index in [0.717, 1.165) is 0 Å². The van der Waals surface area contributed by atoms with Crippen molar-refractivity contribution >= 4 is 29.3 Å². The third kappa shape index (κ3) is 2.57. The minimum Gasteiger partial charge on any atom is -0.464 e. The van der Waals surface area contributed by atoms with Crippen molar-refractivity contribution in [1.82, 2.24) is 9.97 Å². The summed E-state index contributed by atoms with van der Waals surface area (Å²) in [4.78, 5) is 18.8. The average molecular weight is 219 g/mol. The minimum atomic E-state index is -0.514. The number of hydrogen-bond donors (Lipinski definition) is 0. The van der Waals surface area contributed by atoms with Crippen LogP contribution in [0.5, 0.6) is 0 Å². The molecule has 4 nitrogen and oxygen atoms in total. The molecule has 0 aliphatic carbocycles. The van der Waals surface area contributed by atoms with Crippen LogP contribution in [0.4, 0.5) is 0 Å². The summed E-state index contributed by atoms with van der Waals surface area (Å²) in [7, 11) is 1.29. The minimum absolute atomic E-state index is 0.173. The van der Waals surface area contributed by atoms with Gasteiger partial charge in [-0.2, -0.15) is 0 Å². The van der Waals surface area contributed by atoms with Gasteiger partial charge in [0.15, 0.2) is 10.9 Å². The number of esters is 1. The highest BCUT2D eigenvalue weighted by Gasteiger charge is 2.10. The third-order valence-electron chi connectivity index (χ3n) is 1.25. The number of rotatable bonds is 2. The Morgan fingerprint density at radius 3 is 2.85 bits per heavy atom. The van der Waals surface area contributed by atoms with Gasteiger partial charge in [-0.15, -0.1) is 0 Å². The fourth-order valence-electron chi connectivity index (χ4n) is 0.697. The first-order chi connectivity index (χ1) is 6.17. The summed E-state index contributed by atoms with van der Waals surface area (Å²) in [6.07, 6.45) is 1.80. The first kappa shape index (κ1) is 10.3. The van der Waals surface area contributed by atoms with Crippen LogP contribution in [0.1, 0.15) is 10.5 Å². The second-order valence-corrected chi connectivity index (χ2v) is 3.21. The Labute approximate surface area is 84.7 Å². The molecule has 1 rings (SSSR count). The van der Waals surface area contributed by atoms with Gasteiger partial charge in [0.05, 0.1) is 7.11 Å². The zero-order valence-corrected chi connectivity index (χ0v) is 8.65. The van der Waals surface area contributed by atoms with Gasteiger partial charge in [-0.3, -0.25) is 0 Å². The summed E-state index contributed by atoms with van der Waals surface area (Å²) in [6.45, 7) is 0. The molecule has 0 saturated heterocycles. The van der Waals surface area contributed by atoms with E-state index in [9.17, 15) is 4.79 Å². The van der Waals surface area contributed by atoms with Gasteiger partial charge in [-0.1, -0.05) is 23.4 Å². The van der Waals surface area contributed by atoms with Crippen molar-refractivity contribution in [1.29, 1.82) is 0 Å². The number of methoxy groups -OCH3 is 1. The van der Waals surface area contributed by atoms with E-state index in [4.69, 9.17) is 11.6 Å². The van der Waals surface area contributed by atoms with Crippen LogP contribution in [-0.4, -0.2) is 29.3 Å². The van der Waals surface area contributed by atoms with E-state index in [-0.39, 0.29) is 10.8 Å². The number of carbonyl (C=O) groups is 1. The van der Waals surface area contributed by atoms with Gasteiger partial charge in [0.1, 0.15) is 5.15 Å². The quantitative estimate of drug-likeness (QED) is 0.327. The summed E-state index contributed by atoms with van der Waals surface area (Å²) in [5.41, 5.74) is 0.173. The predicted molar refractivity (Wildman–Crippen MR) is 50.2 cm³/mol. The molecule has 0 radical (unpaired) electrons. The van der Waals surface area contributed by atoms with Crippen molar-refractivity contribution in [3.63, 3.8) is 0 Å². The molecule has 0 saturated carbocycles. The van der Waals surface area contributed by atoms with Crippen molar-refractivity contribution < 1.29 is 9.53 Å². The van der Waals surface area contributed by atoms with Crippen LogP contribution in [0.15, 0.2) is 11.2 Å². The molecule has 13 heavy (non-hydrogen) atoms. The standard InChI is InChI=1S/C7H7ClN2O2S/c1-12-6(11)4-3-5(8)10-7(9-4)13-2/h3H,1-2H3. The summed E-state index contributed by atoms with van der Waals surface area (Å²) < 4.78 is 4.49. The maximum Gasteiger partial charge on any atom is 0.356 e. The van der Waals surface area contributed by atoms with Gasteiger partial charge < -0.3 is 4.74 Å². The molecule has 0 bridgehead atoms. The normalized spacial score (nSPS) is 9.77. The lowest BCUT2D eigenvalue weighted by Gasteiger charge is -2.00. The van der Waals surface area contributed by atoms with E-state index < -0.39 is 5.97 Å². The number of ether oxygens (including phenoxy) is 1. The monoisotopic (exact) mass is 218 g/mol. The summed E-state index contributed by atoms with van der Waals surface area (Å²) in [5.74, 6) is -0.514. The molecular formula is C7H7ClN2O2S. The van der Waals surface area contributed by atoms with Crippen LogP contribution in [0.2, 0.25) is 5.15 Å². The maximum atomic E-state index is 11.1. The van der Waals surface area contributed by atoms with E-state index >= 15 is 0 Å². The SMILES string of the molecule is COC(=O)c1cc(Cl)nc(SC)n1. The largest absolute Gasteiger partial charge is 0.464 e. The van der Waals surface area contributed by atoms with Crippen molar-refractivity contribution in [3.8, 4) is 0 Å². The Bertz CT molecular complexity index is 332. The smallest absolute Gasteiger partial charge is 0.356 e. The fraction of sp³-hybridized carbons (Fsp3) is 0.286. The summed E-state index contributed by atoms with van der Waals surface area (Å²) >= 11 is 6.97. The second kappa shape index (κ2) is 4.43. The molecule has 0 aromatic carbocycles. The summed E-state index contributed by atoms with van der Waals surface area (Å²) in [5, 5.41) is 0.688. The molecule has 0 aliphatic rings. The third-order valence-corrected chi connectivity index (χ3v) is 1.99. The predicted octanol–water partition coefficient (Wildman–Crippen LogP) is 1.64. The Balaban J connectivity index is 3.08. The van der Waals surface area contributed by atoms with Crippen molar-refractivity contribution in [2.75, 3.05) is 13.4 Å². The summed E-state index contributed by atoms with van der Waals surface area (Å²) in [6, 6.07) is 1.37. The van der Waals surface area contributed by atoms with Gasteiger partial charge in [0, 0.05) is 6.07 Å². The molecule has 0 spiro atoms. The van der Waals surface area contributed by atoms with E-state index in [1.165, 1.54) is 24.9 Å². The van der Waals surface area contributed by atoms with Gasteiger partial charge in [-0.25, -0.2) is 14.8 Å². The molecule has 1 heterocycles. The van der Waals surface area contributed by atoms with Crippen molar-refractivity contribution in [2.24, 2.45) is 0 Å². The molecule has 0 unspecified atom stereocenters. The molecule has 1 aromatic rings. The van der Waals surface area contributed by atoms with Gasteiger partial charge >= 0.3 is 5.97 Å². The number of aromatic nitrogens is 2. The molecule has 70 valence electrons. The van der Waals surface area contributed by atoms with Gasteiger partial charge in [-0.05, 0) is 6.26 Å². The van der Waals surface area contributed by atoms with E-state index in [0.29, 0.717) is 5.16 Å². The molecule has 0 N–H and O–H groups in total. The number of nitrogens with zero attached hydrogens (tertiary/aromatic N) is 2. The zero-order chi connectivity index (χ0) is 9.84. The van der Waals surface area contributed by atoms with Crippen LogP contribution in [0, 0.1) is 0 Å². The Hall–Kier alpha value is -0.810. The highest BCUT2D eigenvalue weighted by Crippen LogP contribution is 2.14. The van der Waals surface area contributed by atoms with E-state index in [1.54, 1.807) is 6.26 Å². The molecule has 0 atom stereocenters. The first-order valence-electron chi connectivity index (χ1n) is 3.34. The van der Waals surface area contributed by atoms with E-state index in [1.807, 2.05) is 0 Å². The lowest BCUT2D eigenvalue weighted by atomic mass is 10.4. The highest BCUT2D eigenvalue weighted by atomic mass is 35.5. The molecule has 0 fully saturated rings. The molecule has 1 aromatic heterocycles. The molecule has 0 aliphatic heterocycles. The topological polar surface area (TPSA) is 52.1 Å². The Morgan fingerprint density at radius 2 is 2.31 bits per heavy atom. The molecule has 0 amide bonds. The van der Waals surface area contributed by atoms with Crippen LogP contribution in [0.25, 0.3) is 0 Å². The van der Waals surface area contributed by atoms with Gasteiger partial charge in [0.25, 0.3) is 0 Å². The van der Waals surface area contributed by atoms with Crippen LogP contribution < -0.4 is 0 Å². The van der Waals surface area contributed by atoms with Crippen molar-refractivity contribution in [2.45, 2.75) is 5.16 Å². The number of thioether (sulfide) groups is 1. The van der Waals surface area contributed by atoms with Crippen LogP contribution in [0.3, 0.4) is 0 Å². The Kier molecular flexibility index (Phi) is 3.50. The van der Waals surface area contributed by atoms with Crippen LogP contribution in [-0.2, 0) is 4.74 Å². The fourth-order valence-corrected chi connectivity index (χ4v) is 1.31. The zero-order valence-electron chi connectivity index (χ0n) is 7.07. The second-order valence-electron chi connectivity index (χ2n) is 2.05. The highest BCUT2D eigenvalue weighted by molar-refractivity contribution is 7.98. The lowest BCUT2D eigenvalue weighted by Crippen LogP contribution is -2.05. The molecular weight excluding hydrogens is 212 g/mol. The molecule has 6 heteroatoms. The Morgan fingerprint density at radius 1 is 1.62 bits per heavy atom.